The smallest absolute Gasteiger partial charge is 0.245 e. The van der Waals surface area contributed by atoms with E-state index < -0.39 is 17.4 Å². The van der Waals surface area contributed by atoms with Crippen molar-refractivity contribution < 1.29 is 14.7 Å². The fourth-order valence-electron chi connectivity index (χ4n) is 1.88. The molecule has 1 amide bonds. The summed E-state index contributed by atoms with van der Waals surface area (Å²) < 4.78 is 0. The highest BCUT2D eigenvalue weighted by Crippen LogP contribution is 2.27. The molecule has 0 aromatic rings. The molecule has 0 aromatic carbocycles. The standard InChI is InChI=1S/C12H15NO3/c1-2-12(8-4-3-5-9-12)13-10(14)6-7-11(15)16/h1,6-7H,3-5,8-9H2,(H,13,14)(H,15,16)/p-1/b7-6+. The molecule has 0 spiro atoms. The molecule has 0 saturated heterocycles. The fraction of sp³-hybridized carbons (Fsp3) is 0.500. The minimum Gasteiger partial charge on any atom is -0.545 e. The monoisotopic (exact) mass is 220 g/mol. The van der Waals surface area contributed by atoms with E-state index in [1.807, 2.05) is 0 Å². The summed E-state index contributed by atoms with van der Waals surface area (Å²) in [4.78, 5) is 21.5. The number of hydrogen-bond acceptors (Lipinski definition) is 3. The molecular formula is C12H14NO3-. The Bertz CT molecular complexity index is 346. The molecule has 0 aliphatic heterocycles. The predicted molar refractivity (Wildman–Crippen MR) is 56.9 cm³/mol. The molecule has 1 N–H and O–H groups in total. The number of rotatable bonds is 3. The van der Waals surface area contributed by atoms with Gasteiger partial charge in [-0.05, 0) is 18.9 Å². The van der Waals surface area contributed by atoms with Gasteiger partial charge in [-0.2, -0.15) is 0 Å². The zero-order valence-corrected chi connectivity index (χ0v) is 8.99. The number of carbonyl (C=O) groups excluding carboxylic acids is 2. The van der Waals surface area contributed by atoms with Crippen LogP contribution >= 0.6 is 0 Å². The molecule has 4 heteroatoms. The lowest BCUT2D eigenvalue weighted by atomic mass is 9.82. The molecule has 16 heavy (non-hydrogen) atoms. The highest BCUT2D eigenvalue weighted by Gasteiger charge is 2.30. The first-order valence-corrected chi connectivity index (χ1v) is 5.27. The Labute approximate surface area is 94.7 Å². The number of aliphatic carboxylic acids is 1. The molecule has 1 saturated carbocycles. The molecule has 86 valence electrons. The van der Waals surface area contributed by atoms with Crippen LogP contribution < -0.4 is 10.4 Å². The fourth-order valence-corrected chi connectivity index (χ4v) is 1.88. The van der Waals surface area contributed by atoms with E-state index in [1.54, 1.807) is 0 Å². The summed E-state index contributed by atoms with van der Waals surface area (Å²) in [6.45, 7) is 0. The van der Waals surface area contributed by atoms with Gasteiger partial charge in [-0.15, -0.1) is 6.42 Å². The van der Waals surface area contributed by atoms with Crippen LogP contribution in [0.25, 0.3) is 0 Å². The molecule has 1 aliphatic rings. The van der Waals surface area contributed by atoms with Gasteiger partial charge in [0.25, 0.3) is 0 Å². The number of hydrogen-bond donors (Lipinski definition) is 1. The normalized spacial score (nSPS) is 18.9. The molecule has 0 radical (unpaired) electrons. The number of carboxylic acids is 1. The van der Waals surface area contributed by atoms with Gasteiger partial charge in [0.15, 0.2) is 0 Å². The van der Waals surface area contributed by atoms with Gasteiger partial charge in [0.1, 0.15) is 5.54 Å². The zero-order chi connectivity index (χ0) is 12.0. The van der Waals surface area contributed by atoms with Crippen molar-refractivity contribution in [2.45, 2.75) is 37.6 Å². The van der Waals surface area contributed by atoms with Crippen molar-refractivity contribution in [1.29, 1.82) is 0 Å². The SMILES string of the molecule is C#CC1(NC(=O)/C=C/C(=O)[O-])CCCCC1. The minimum absolute atomic E-state index is 0.482. The van der Waals surface area contributed by atoms with E-state index in [4.69, 9.17) is 6.42 Å². The Hall–Kier alpha value is -1.76. The van der Waals surface area contributed by atoms with Crippen molar-refractivity contribution in [3.8, 4) is 12.3 Å². The van der Waals surface area contributed by atoms with Crippen LogP contribution in [0.15, 0.2) is 12.2 Å². The molecule has 4 nitrogen and oxygen atoms in total. The lowest BCUT2D eigenvalue weighted by Gasteiger charge is -2.32. The number of carboxylic acid groups (broad SMARTS) is 1. The van der Waals surface area contributed by atoms with E-state index >= 15 is 0 Å². The Morgan fingerprint density at radius 2 is 1.88 bits per heavy atom. The molecule has 0 atom stereocenters. The first-order valence-electron chi connectivity index (χ1n) is 5.27. The summed E-state index contributed by atoms with van der Waals surface area (Å²) in [6, 6.07) is 0. The quantitative estimate of drug-likeness (QED) is 0.526. The number of carbonyl (C=O) groups is 2. The molecule has 0 bridgehead atoms. The van der Waals surface area contributed by atoms with Crippen molar-refractivity contribution in [1.82, 2.24) is 5.32 Å². The third kappa shape index (κ3) is 3.43. The predicted octanol–water partition coefficient (Wildman–Crippen LogP) is -0.255. The molecule has 1 rings (SSSR count). The van der Waals surface area contributed by atoms with E-state index in [1.165, 1.54) is 0 Å². The number of amides is 1. The molecular weight excluding hydrogens is 206 g/mol. The summed E-state index contributed by atoms with van der Waals surface area (Å²) in [7, 11) is 0. The Kier molecular flexibility index (Phi) is 4.12. The molecule has 0 unspecified atom stereocenters. The van der Waals surface area contributed by atoms with Crippen LogP contribution in [0.4, 0.5) is 0 Å². The maximum Gasteiger partial charge on any atom is 0.245 e. The van der Waals surface area contributed by atoms with E-state index in [-0.39, 0.29) is 0 Å². The average molecular weight is 220 g/mol. The van der Waals surface area contributed by atoms with Crippen LogP contribution in [0.1, 0.15) is 32.1 Å². The lowest BCUT2D eigenvalue weighted by Crippen LogP contribution is -2.48. The largest absolute Gasteiger partial charge is 0.545 e. The van der Waals surface area contributed by atoms with Gasteiger partial charge in [0.05, 0.1) is 5.97 Å². The van der Waals surface area contributed by atoms with Crippen molar-refractivity contribution in [3.05, 3.63) is 12.2 Å². The highest BCUT2D eigenvalue weighted by molar-refractivity contribution is 5.93. The zero-order valence-electron chi connectivity index (χ0n) is 8.99. The van der Waals surface area contributed by atoms with Gasteiger partial charge in [-0.1, -0.05) is 25.2 Å². The summed E-state index contributed by atoms with van der Waals surface area (Å²) in [5.74, 6) is 0.730. The molecule has 1 aliphatic carbocycles. The average Bonchev–Trinajstić information content (AvgIpc) is 2.28. The van der Waals surface area contributed by atoms with Crippen LogP contribution in [-0.2, 0) is 9.59 Å². The Balaban J connectivity index is 2.60. The summed E-state index contributed by atoms with van der Waals surface area (Å²) in [5, 5.41) is 12.8. The molecule has 0 aromatic heterocycles. The third-order valence-electron chi connectivity index (χ3n) is 2.72. The first-order chi connectivity index (χ1) is 7.58. The topological polar surface area (TPSA) is 69.2 Å². The third-order valence-corrected chi connectivity index (χ3v) is 2.72. The van der Waals surface area contributed by atoms with Crippen LogP contribution in [-0.4, -0.2) is 17.4 Å². The van der Waals surface area contributed by atoms with Crippen LogP contribution in [0.5, 0.6) is 0 Å². The van der Waals surface area contributed by atoms with Crippen molar-refractivity contribution in [2.24, 2.45) is 0 Å². The summed E-state index contributed by atoms with van der Waals surface area (Å²) in [5.41, 5.74) is -0.606. The van der Waals surface area contributed by atoms with Crippen LogP contribution in [0.2, 0.25) is 0 Å². The maximum absolute atomic E-state index is 11.4. The summed E-state index contributed by atoms with van der Waals surface area (Å²) in [6.07, 6.45) is 11.6. The van der Waals surface area contributed by atoms with Gasteiger partial charge in [0, 0.05) is 6.08 Å². The molecule has 0 heterocycles. The van der Waals surface area contributed by atoms with Crippen LogP contribution in [0.3, 0.4) is 0 Å². The van der Waals surface area contributed by atoms with Gasteiger partial charge in [-0.25, -0.2) is 0 Å². The second-order valence-corrected chi connectivity index (χ2v) is 3.93. The van der Waals surface area contributed by atoms with Gasteiger partial charge < -0.3 is 15.2 Å². The lowest BCUT2D eigenvalue weighted by molar-refractivity contribution is -0.297. The second-order valence-electron chi connectivity index (χ2n) is 3.93. The maximum atomic E-state index is 11.4. The van der Waals surface area contributed by atoms with Gasteiger partial charge >= 0.3 is 0 Å². The van der Waals surface area contributed by atoms with Crippen molar-refractivity contribution >= 4 is 11.9 Å². The number of terminal acetylenes is 1. The molecule has 1 fully saturated rings. The van der Waals surface area contributed by atoms with E-state index in [9.17, 15) is 14.7 Å². The van der Waals surface area contributed by atoms with E-state index in [2.05, 4.69) is 11.2 Å². The van der Waals surface area contributed by atoms with Crippen molar-refractivity contribution in [2.75, 3.05) is 0 Å². The first kappa shape index (κ1) is 12.3. The summed E-state index contributed by atoms with van der Waals surface area (Å²) >= 11 is 0. The van der Waals surface area contributed by atoms with Gasteiger partial charge in [-0.3, -0.25) is 4.79 Å². The minimum atomic E-state index is -1.39. The second kappa shape index (κ2) is 5.36. The van der Waals surface area contributed by atoms with Crippen molar-refractivity contribution in [3.63, 3.8) is 0 Å². The Morgan fingerprint density at radius 3 is 2.38 bits per heavy atom. The highest BCUT2D eigenvalue weighted by atomic mass is 16.4. The van der Waals surface area contributed by atoms with E-state index in [0.29, 0.717) is 6.08 Å². The van der Waals surface area contributed by atoms with Gasteiger partial charge in [0.2, 0.25) is 5.91 Å². The van der Waals surface area contributed by atoms with E-state index in [0.717, 1.165) is 38.2 Å². The Morgan fingerprint density at radius 1 is 1.25 bits per heavy atom. The van der Waals surface area contributed by atoms with Crippen LogP contribution in [0, 0.1) is 12.3 Å². The number of nitrogens with one attached hydrogen (secondary N) is 1.